The van der Waals surface area contributed by atoms with Crippen LogP contribution in [-0.2, 0) is 4.79 Å². The minimum Gasteiger partial charge on any atom is -0.316 e. The van der Waals surface area contributed by atoms with Gasteiger partial charge in [0.25, 0.3) is 0 Å². The van der Waals surface area contributed by atoms with Gasteiger partial charge in [-0.3, -0.25) is 4.79 Å². The number of nitrogens with zero attached hydrogens (tertiary/aromatic N) is 1. The molecular formula is C17H26N2O. The van der Waals surface area contributed by atoms with Gasteiger partial charge in [0, 0.05) is 18.8 Å². The fraction of sp³-hybridized carbons (Fsp3) is 0.588. The van der Waals surface area contributed by atoms with E-state index < -0.39 is 0 Å². The zero-order chi connectivity index (χ0) is 14.6. The number of hydrogen-bond donors (Lipinski definition) is 1. The van der Waals surface area contributed by atoms with Crippen LogP contribution in [0.5, 0.6) is 0 Å². The number of aryl methyl sites for hydroxylation is 1. The third-order valence-corrected chi connectivity index (χ3v) is 4.39. The number of rotatable bonds is 5. The Kier molecular flexibility index (Phi) is 4.81. The lowest BCUT2D eigenvalue weighted by atomic mass is 9.81. The second-order valence-electron chi connectivity index (χ2n) is 5.79. The van der Waals surface area contributed by atoms with Gasteiger partial charge >= 0.3 is 0 Å². The molecule has 3 nitrogen and oxygen atoms in total. The van der Waals surface area contributed by atoms with E-state index in [1.807, 2.05) is 17.0 Å². The maximum absolute atomic E-state index is 13.1. The lowest BCUT2D eigenvalue weighted by molar-refractivity contribution is -0.127. The molecule has 1 fully saturated rings. The number of nitrogens with one attached hydrogen (secondary N) is 1. The molecule has 1 aromatic carbocycles. The summed E-state index contributed by atoms with van der Waals surface area (Å²) in [6, 6.07) is 8.16. The molecule has 110 valence electrons. The molecule has 1 heterocycles. The molecule has 1 aliphatic rings. The topological polar surface area (TPSA) is 32.3 Å². The number of carbonyl (C=O) groups excluding carboxylic acids is 1. The lowest BCUT2D eigenvalue weighted by Crippen LogP contribution is -2.45. The molecule has 20 heavy (non-hydrogen) atoms. The van der Waals surface area contributed by atoms with E-state index >= 15 is 0 Å². The largest absolute Gasteiger partial charge is 0.316 e. The molecule has 1 unspecified atom stereocenters. The van der Waals surface area contributed by atoms with Crippen molar-refractivity contribution in [3.8, 4) is 0 Å². The first-order valence-electron chi connectivity index (χ1n) is 7.73. The van der Waals surface area contributed by atoms with Gasteiger partial charge in [-0.05, 0) is 44.9 Å². The normalized spacial score (nSPS) is 21.9. The van der Waals surface area contributed by atoms with Gasteiger partial charge in [-0.15, -0.1) is 0 Å². The third-order valence-electron chi connectivity index (χ3n) is 4.39. The van der Waals surface area contributed by atoms with Gasteiger partial charge in [-0.25, -0.2) is 0 Å². The minimum absolute atomic E-state index is 0.201. The number of benzene rings is 1. The second-order valence-corrected chi connectivity index (χ2v) is 5.79. The van der Waals surface area contributed by atoms with E-state index in [1.165, 1.54) is 5.56 Å². The van der Waals surface area contributed by atoms with E-state index in [-0.39, 0.29) is 5.41 Å². The highest BCUT2D eigenvalue weighted by molar-refractivity contribution is 5.98. The summed E-state index contributed by atoms with van der Waals surface area (Å²) in [5.74, 6) is 0.293. The van der Waals surface area contributed by atoms with Gasteiger partial charge in [0.15, 0.2) is 0 Å². The summed E-state index contributed by atoms with van der Waals surface area (Å²) in [4.78, 5) is 15.1. The van der Waals surface area contributed by atoms with Crippen molar-refractivity contribution < 1.29 is 4.79 Å². The van der Waals surface area contributed by atoms with Crippen LogP contribution in [0.4, 0.5) is 5.69 Å². The molecule has 0 aliphatic carbocycles. The van der Waals surface area contributed by atoms with E-state index in [0.717, 1.165) is 44.6 Å². The van der Waals surface area contributed by atoms with Gasteiger partial charge in [0.05, 0.1) is 5.41 Å². The monoisotopic (exact) mass is 274 g/mol. The Labute approximate surface area is 122 Å². The van der Waals surface area contributed by atoms with Gasteiger partial charge < -0.3 is 10.2 Å². The number of para-hydroxylation sites is 1. The van der Waals surface area contributed by atoms with Gasteiger partial charge in [-0.2, -0.15) is 0 Å². The number of amides is 1. The van der Waals surface area contributed by atoms with Crippen molar-refractivity contribution in [1.82, 2.24) is 5.32 Å². The Bertz CT molecular complexity index is 464. The molecule has 1 amide bonds. The van der Waals surface area contributed by atoms with E-state index in [4.69, 9.17) is 0 Å². The average Bonchev–Trinajstić information content (AvgIpc) is 2.92. The molecule has 0 bridgehead atoms. The first kappa shape index (κ1) is 15.0. The van der Waals surface area contributed by atoms with Crippen molar-refractivity contribution in [1.29, 1.82) is 0 Å². The van der Waals surface area contributed by atoms with Crippen LogP contribution in [0.1, 0.15) is 38.7 Å². The van der Waals surface area contributed by atoms with Crippen molar-refractivity contribution in [2.75, 3.05) is 24.5 Å². The molecule has 0 radical (unpaired) electrons. The standard InChI is InChI=1S/C17H26N2O/c1-4-10-17(11-12-18-13-17)16(20)19(5-2)15-9-7-6-8-14(15)3/h6-9,18H,4-5,10-13H2,1-3H3. The minimum atomic E-state index is -0.201. The molecule has 1 N–H and O–H groups in total. The molecule has 0 saturated carbocycles. The predicted molar refractivity (Wildman–Crippen MR) is 84.0 cm³/mol. The van der Waals surface area contributed by atoms with Gasteiger partial charge in [0.1, 0.15) is 0 Å². The number of hydrogen-bond acceptors (Lipinski definition) is 2. The fourth-order valence-electron chi connectivity index (χ4n) is 3.30. The van der Waals surface area contributed by atoms with Crippen LogP contribution < -0.4 is 10.2 Å². The smallest absolute Gasteiger partial charge is 0.234 e. The van der Waals surface area contributed by atoms with E-state index in [2.05, 4.69) is 38.2 Å². The Morgan fingerprint density at radius 1 is 1.35 bits per heavy atom. The van der Waals surface area contributed by atoms with Crippen LogP contribution in [0.2, 0.25) is 0 Å². The molecule has 0 spiro atoms. The number of anilines is 1. The highest BCUT2D eigenvalue weighted by atomic mass is 16.2. The number of carbonyl (C=O) groups is 1. The summed E-state index contributed by atoms with van der Waals surface area (Å²) in [6.07, 6.45) is 2.99. The summed E-state index contributed by atoms with van der Waals surface area (Å²) in [6.45, 7) is 8.81. The van der Waals surface area contributed by atoms with E-state index in [9.17, 15) is 4.79 Å². The molecule has 0 aromatic heterocycles. The average molecular weight is 274 g/mol. The summed E-state index contributed by atoms with van der Waals surface area (Å²) in [7, 11) is 0. The van der Waals surface area contributed by atoms with Crippen molar-refractivity contribution in [2.45, 2.75) is 40.0 Å². The molecule has 2 rings (SSSR count). The zero-order valence-corrected chi connectivity index (χ0v) is 12.9. The second kappa shape index (κ2) is 6.40. The first-order valence-corrected chi connectivity index (χ1v) is 7.73. The molecular weight excluding hydrogens is 248 g/mol. The maximum atomic E-state index is 13.1. The third kappa shape index (κ3) is 2.73. The van der Waals surface area contributed by atoms with Crippen LogP contribution in [0.15, 0.2) is 24.3 Å². The molecule has 3 heteroatoms. The molecule has 1 saturated heterocycles. The van der Waals surface area contributed by atoms with Crippen molar-refractivity contribution >= 4 is 11.6 Å². The van der Waals surface area contributed by atoms with Crippen molar-refractivity contribution in [2.24, 2.45) is 5.41 Å². The summed E-state index contributed by atoms with van der Waals surface area (Å²) >= 11 is 0. The first-order chi connectivity index (χ1) is 9.64. The Balaban J connectivity index is 2.31. The SMILES string of the molecule is CCCC1(C(=O)N(CC)c2ccccc2C)CCNC1. The van der Waals surface area contributed by atoms with Crippen LogP contribution >= 0.6 is 0 Å². The summed E-state index contributed by atoms with van der Waals surface area (Å²) in [5, 5.41) is 3.38. The fourth-order valence-corrected chi connectivity index (χ4v) is 3.30. The lowest BCUT2D eigenvalue weighted by Gasteiger charge is -2.34. The van der Waals surface area contributed by atoms with Gasteiger partial charge in [-0.1, -0.05) is 31.5 Å². The molecule has 1 atom stereocenters. The molecule has 1 aromatic rings. The van der Waals surface area contributed by atoms with Crippen LogP contribution in [0, 0.1) is 12.3 Å². The predicted octanol–water partition coefficient (Wildman–Crippen LogP) is 3.13. The summed E-state index contributed by atoms with van der Waals surface area (Å²) in [5.41, 5.74) is 2.02. The maximum Gasteiger partial charge on any atom is 0.234 e. The Morgan fingerprint density at radius 2 is 2.10 bits per heavy atom. The highest BCUT2D eigenvalue weighted by Gasteiger charge is 2.42. The molecule has 1 aliphatic heterocycles. The van der Waals surface area contributed by atoms with Gasteiger partial charge in [0.2, 0.25) is 5.91 Å². The van der Waals surface area contributed by atoms with Crippen LogP contribution in [0.25, 0.3) is 0 Å². The van der Waals surface area contributed by atoms with Crippen LogP contribution in [0.3, 0.4) is 0 Å². The van der Waals surface area contributed by atoms with E-state index in [1.54, 1.807) is 0 Å². The zero-order valence-electron chi connectivity index (χ0n) is 12.9. The highest BCUT2D eigenvalue weighted by Crippen LogP contribution is 2.35. The van der Waals surface area contributed by atoms with Crippen molar-refractivity contribution in [3.05, 3.63) is 29.8 Å². The Morgan fingerprint density at radius 3 is 2.65 bits per heavy atom. The summed E-state index contributed by atoms with van der Waals surface area (Å²) < 4.78 is 0. The van der Waals surface area contributed by atoms with Crippen LogP contribution in [-0.4, -0.2) is 25.5 Å². The van der Waals surface area contributed by atoms with Crippen molar-refractivity contribution in [3.63, 3.8) is 0 Å². The quantitative estimate of drug-likeness (QED) is 0.894. The Hall–Kier alpha value is -1.35. The van der Waals surface area contributed by atoms with E-state index in [0.29, 0.717) is 5.91 Å².